The number of carbonyl (C=O) groups is 1. The average Bonchev–Trinajstić information content (AvgIpc) is 2.62. The number of halogens is 4. The van der Waals surface area contributed by atoms with Gasteiger partial charge >= 0.3 is 6.18 Å². The van der Waals surface area contributed by atoms with Crippen LogP contribution in [0.3, 0.4) is 0 Å². The maximum Gasteiger partial charge on any atom is 0.415 e. The van der Waals surface area contributed by atoms with E-state index in [4.69, 9.17) is 5.73 Å². The van der Waals surface area contributed by atoms with Gasteiger partial charge in [-0.05, 0) is 41.4 Å². The summed E-state index contributed by atoms with van der Waals surface area (Å²) in [6.45, 7) is 0.777. The van der Waals surface area contributed by atoms with Crippen molar-refractivity contribution in [3.63, 3.8) is 0 Å². The van der Waals surface area contributed by atoms with Gasteiger partial charge in [-0.1, -0.05) is 0 Å². The predicted molar refractivity (Wildman–Crippen MR) is 67.4 cm³/mol. The Morgan fingerprint density at radius 1 is 1.50 bits per heavy atom. The largest absolute Gasteiger partial charge is 0.415 e. The molecule has 0 fully saturated rings. The Kier molecular flexibility index (Phi) is 4.79. The molecule has 1 aromatic rings. The first-order valence-electron chi connectivity index (χ1n) is 5.02. The lowest BCUT2D eigenvalue weighted by Gasteiger charge is -2.26. The molecule has 18 heavy (non-hydrogen) atoms. The van der Waals surface area contributed by atoms with Gasteiger partial charge in [0.25, 0.3) is 0 Å². The van der Waals surface area contributed by atoms with E-state index in [9.17, 15) is 18.0 Å². The summed E-state index contributed by atoms with van der Waals surface area (Å²) in [4.78, 5) is 12.3. The van der Waals surface area contributed by atoms with Gasteiger partial charge in [0, 0.05) is 11.4 Å². The monoisotopic (exact) mass is 344 g/mol. The van der Waals surface area contributed by atoms with Gasteiger partial charge in [0.05, 0.1) is 3.79 Å². The average molecular weight is 345 g/mol. The fourth-order valence-electron chi connectivity index (χ4n) is 1.10. The molecule has 1 aromatic heterocycles. The third-order valence-corrected chi connectivity index (χ3v) is 4.03. The quantitative estimate of drug-likeness (QED) is 0.881. The van der Waals surface area contributed by atoms with E-state index in [2.05, 4.69) is 21.2 Å². The highest BCUT2D eigenvalue weighted by Gasteiger charge is 2.53. The third kappa shape index (κ3) is 3.69. The molecular weight excluding hydrogens is 333 g/mol. The number of hydrogen-bond donors (Lipinski definition) is 2. The maximum atomic E-state index is 12.4. The van der Waals surface area contributed by atoms with Crippen LogP contribution in [0.2, 0.25) is 0 Å². The van der Waals surface area contributed by atoms with E-state index in [1.807, 2.05) is 12.1 Å². The molecular formula is C10H12BrF3N2OS. The van der Waals surface area contributed by atoms with Crippen LogP contribution < -0.4 is 11.1 Å². The Labute approximate surface area is 115 Å². The number of nitrogens with two attached hydrogens (primary N) is 1. The second-order valence-corrected chi connectivity index (χ2v) is 6.46. The molecule has 1 amide bonds. The summed E-state index contributed by atoms with van der Waals surface area (Å²) in [5, 5.41) is 2.19. The first kappa shape index (κ1) is 15.5. The fraction of sp³-hybridized carbons (Fsp3) is 0.500. The van der Waals surface area contributed by atoms with Crippen molar-refractivity contribution in [2.75, 3.05) is 6.54 Å². The van der Waals surface area contributed by atoms with Gasteiger partial charge < -0.3 is 11.1 Å². The smallest absolute Gasteiger partial charge is 0.354 e. The van der Waals surface area contributed by atoms with Crippen LogP contribution in [-0.4, -0.2) is 24.2 Å². The van der Waals surface area contributed by atoms with Crippen LogP contribution in [0.4, 0.5) is 13.2 Å². The second kappa shape index (κ2) is 5.58. The van der Waals surface area contributed by atoms with Crippen molar-refractivity contribution in [2.24, 2.45) is 5.73 Å². The van der Waals surface area contributed by atoms with Crippen molar-refractivity contribution in [3.05, 3.63) is 20.8 Å². The van der Waals surface area contributed by atoms with E-state index in [0.717, 1.165) is 8.66 Å². The number of thiophene rings is 1. The van der Waals surface area contributed by atoms with Gasteiger partial charge in [-0.3, -0.25) is 4.79 Å². The molecule has 0 aliphatic heterocycles. The Morgan fingerprint density at radius 2 is 2.11 bits per heavy atom. The molecule has 1 rings (SSSR count). The molecule has 3 N–H and O–H groups in total. The Bertz CT molecular complexity index is 431. The van der Waals surface area contributed by atoms with Crippen LogP contribution in [-0.2, 0) is 11.2 Å². The number of nitrogens with one attached hydrogen (secondary N) is 1. The van der Waals surface area contributed by atoms with E-state index < -0.39 is 17.6 Å². The van der Waals surface area contributed by atoms with Crippen LogP contribution in [0.5, 0.6) is 0 Å². The zero-order chi connectivity index (χ0) is 14.0. The molecule has 3 nitrogen and oxygen atoms in total. The van der Waals surface area contributed by atoms with Gasteiger partial charge in [-0.25, -0.2) is 0 Å². The SMILES string of the molecule is CC(N)(C(=O)NCCc1ccc(Br)s1)C(F)(F)F. The standard InChI is InChI=1S/C10H12BrF3N2OS/c1-9(15,10(12,13)14)8(17)16-5-4-6-2-3-7(11)18-6/h2-3H,4-5,15H2,1H3,(H,16,17). The van der Waals surface area contributed by atoms with Gasteiger partial charge in [0.2, 0.25) is 5.91 Å². The summed E-state index contributed by atoms with van der Waals surface area (Å²) in [5.74, 6) is -1.22. The minimum atomic E-state index is -4.76. The summed E-state index contributed by atoms with van der Waals surface area (Å²) in [7, 11) is 0. The summed E-state index contributed by atoms with van der Waals surface area (Å²) in [6.07, 6.45) is -4.29. The van der Waals surface area contributed by atoms with E-state index in [-0.39, 0.29) is 6.54 Å². The Balaban J connectivity index is 2.47. The fourth-order valence-corrected chi connectivity index (χ4v) is 2.58. The molecule has 8 heteroatoms. The topological polar surface area (TPSA) is 55.1 Å². The summed E-state index contributed by atoms with van der Waals surface area (Å²) < 4.78 is 38.3. The maximum absolute atomic E-state index is 12.4. The zero-order valence-electron chi connectivity index (χ0n) is 9.47. The molecule has 0 aromatic carbocycles. The lowest BCUT2D eigenvalue weighted by Crippen LogP contribution is -2.61. The van der Waals surface area contributed by atoms with Crippen LogP contribution in [0, 0.1) is 0 Å². The van der Waals surface area contributed by atoms with E-state index in [1.54, 1.807) is 0 Å². The highest BCUT2D eigenvalue weighted by Crippen LogP contribution is 2.28. The molecule has 0 bridgehead atoms. The number of hydrogen-bond acceptors (Lipinski definition) is 3. The number of carbonyl (C=O) groups excluding carboxylic acids is 1. The molecule has 0 aliphatic carbocycles. The van der Waals surface area contributed by atoms with E-state index in [1.165, 1.54) is 11.3 Å². The minimum absolute atomic E-state index is 0.120. The third-order valence-electron chi connectivity index (χ3n) is 2.35. The number of rotatable bonds is 4. The van der Waals surface area contributed by atoms with Gasteiger partial charge in [-0.2, -0.15) is 13.2 Å². The van der Waals surface area contributed by atoms with E-state index in [0.29, 0.717) is 13.3 Å². The molecule has 0 saturated heterocycles. The molecule has 102 valence electrons. The highest BCUT2D eigenvalue weighted by molar-refractivity contribution is 9.11. The molecule has 0 saturated carbocycles. The predicted octanol–water partition coefficient (Wildman–Crippen LogP) is 2.45. The normalized spacial score (nSPS) is 15.2. The van der Waals surface area contributed by atoms with Crippen molar-refractivity contribution in [1.29, 1.82) is 0 Å². The van der Waals surface area contributed by atoms with Crippen LogP contribution in [0.1, 0.15) is 11.8 Å². The van der Waals surface area contributed by atoms with Crippen molar-refractivity contribution in [1.82, 2.24) is 5.32 Å². The van der Waals surface area contributed by atoms with Crippen LogP contribution in [0.25, 0.3) is 0 Å². The lowest BCUT2D eigenvalue weighted by atomic mass is 10.0. The number of alkyl halides is 3. The molecule has 1 unspecified atom stereocenters. The second-order valence-electron chi connectivity index (χ2n) is 3.91. The first-order valence-corrected chi connectivity index (χ1v) is 6.63. The summed E-state index contributed by atoms with van der Waals surface area (Å²) in [5.41, 5.74) is 2.12. The zero-order valence-corrected chi connectivity index (χ0v) is 11.9. The molecule has 0 radical (unpaired) electrons. The van der Waals surface area contributed by atoms with Gasteiger partial charge in [0.15, 0.2) is 5.54 Å². The van der Waals surface area contributed by atoms with Crippen molar-refractivity contribution in [2.45, 2.75) is 25.1 Å². The summed E-state index contributed by atoms with van der Waals surface area (Å²) >= 11 is 4.74. The van der Waals surface area contributed by atoms with Gasteiger partial charge in [-0.15, -0.1) is 11.3 Å². The van der Waals surface area contributed by atoms with Crippen molar-refractivity contribution in [3.8, 4) is 0 Å². The summed E-state index contributed by atoms with van der Waals surface area (Å²) in [6, 6.07) is 3.68. The van der Waals surface area contributed by atoms with Gasteiger partial charge in [0.1, 0.15) is 0 Å². The molecule has 1 atom stereocenters. The first-order chi connectivity index (χ1) is 8.14. The Morgan fingerprint density at radius 3 is 2.56 bits per heavy atom. The van der Waals surface area contributed by atoms with Crippen molar-refractivity contribution < 1.29 is 18.0 Å². The van der Waals surface area contributed by atoms with E-state index >= 15 is 0 Å². The molecule has 0 spiro atoms. The Hall–Kier alpha value is -0.600. The van der Waals surface area contributed by atoms with Crippen LogP contribution >= 0.6 is 27.3 Å². The highest BCUT2D eigenvalue weighted by atomic mass is 79.9. The minimum Gasteiger partial charge on any atom is -0.354 e. The lowest BCUT2D eigenvalue weighted by molar-refractivity contribution is -0.187. The number of amides is 1. The molecule has 1 heterocycles. The molecule has 0 aliphatic rings. The van der Waals surface area contributed by atoms with Crippen molar-refractivity contribution >= 4 is 33.2 Å². The van der Waals surface area contributed by atoms with Crippen LogP contribution in [0.15, 0.2) is 15.9 Å².